The molecule has 0 unspecified atom stereocenters. The summed E-state index contributed by atoms with van der Waals surface area (Å²) in [6, 6.07) is 7.83. The van der Waals surface area contributed by atoms with Gasteiger partial charge in [-0.2, -0.15) is 11.8 Å². The predicted molar refractivity (Wildman–Crippen MR) is 98.3 cm³/mol. The van der Waals surface area contributed by atoms with Crippen LogP contribution < -0.4 is 10.6 Å². The van der Waals surface area contributed by atoms with E-state index in [0.29, 0.717) is 0 Å². The first-order valence-electron chi connectivity index (χ1n) is 8.62. The Balaban J connectivity index is 1.57. The minimum absolute atomic E-state index is 0.0896. The summed E-state index contributed by atoms with van der Waals surface area (Å²) < 4.78 is 0. The minimum atomic E-state index is -0.0896. The number of hydrogen-bond donors (Lipinski definition) is 2. The van der Waals surface area contributed by atoms with Gasteiger partial charge in [-0.05, 0) is 37.5 Å². The minimum Gasteiger partial charge on any atom is -0.336 e. The molecule has 0 bridgehead atoms. The van der Waals surface area contributed by atoms with Gasteiger partial charge < -0.3 is 10.6 Å². The lowest BCUT2D eigenvalue weighted by atomic mass is 9.94. The van der Waals surface area contributed by atoms with Crippen LogP contribution in [-0.2, 0) is 0 Å². The molecule has 2 N–H and O–H groups in total. The molecule has 1 saturated carbocycles. The zero-order valence-corrected chi connectivity index (χ0v) is 14.8. The molecule has 0 radical (unpaired) electrons. The number of urea groups is 1. The molecule has 126 valence electrons. The first kappa shape index (κ1) is 16.7. The van der Waals surface area contributed by atoms with Crippen LogP contribution in [0.4, 0.5) is 10.5 Å². The molecule has 1 aliphatic carbocycles. The Kier molecular flexibility index (Phi) is 5.49. The lowest BCUT2D eigenvalue weighted by Crippen LogP contribution is -2.56. The van der Waals surface area contributed by atoms with Gasteiger partial charge in [0.25, 0.3) is 0 Å². The Bertz CT molecular complexity index is 537. The zero-order valence-electron chi connectivity index (χ0n) is 13.9. The summed E-state index contributed by atoms with van der Waals surface area (Å²) >= 11 is 2.04. The number of rotatable bonds is 4. The number of carbonyl (C=O) groups is 1. The van der Waals surface area contributed by atoms with Gasteiger partial charge in [0, 0.05) is 42.4 Å². The van der Waals surface area contributed by atoms with E-state index in [1.54, 1.807) is 0 Å². The molecule has 1 aromatic carbocycles. The summed E-state index contributed by atoms with van der Waals surface area (Å²) in [6.07, 6.45) is 4.99. The largest absolute Gasteiger partial charge is 0.336 e. The fourth-order valence-corrected chi connectivity index (χ4v) is 4.72. The van der Waals surface area contributed by atoms with E-state index in [1.807, 2.05) is 43.0 Å². The Morgan fingerprint density at radius 3 is 2.70 bits per heavy atom. The molecule has 0 spiro atoms. The van der Waals surface area contributed by atoms with Crippen molar-refractivity contribution < 1.29 is 4.79 Å². The van der Waals surface area contributed by atoms with Crippen LogP contribution in [0.2, 0.25) is 0 Å². The molecule has 3 rings (SSSR count). The molecule has 2 fully saturated rings. The second-order valence-electron chi connectivity index (χ2n) is 6.71. The summed E-state index contributed by atoms with van der Waals surface area (Å²) in [5, 5.41) is 6.09. The highest BCUT2D eigenvalue weighted by Gasteiger charge is 2.40. The maximum atomic E-state index is 12.3. The van der Waals surface area contributed by atoms with Crippen LogP contribution in [-0.4, -0.2) is 47.6 Å². The number of nitrogens with zero attached hydrogens (tertiary/aromatic N) is 1. The van der Waals surface area contributed by atoms with Gasteiger partial charge in [0.2, 0.25) is 0 Å². The van der Waals surface area contributed by atoms with Crippen LogP contribution in [0, 0.1) is 6.92 Å². The monoisotopic (exact) mass is 333 g/mol. The molecular weight excluding hydrogens is 306 g/mol. The van der Waals surface area contributed by atoms with Crippen molar-refractivity contribution in [3.8, 4) is 0 Å². The molecule has 1 aliphatic heterocycles. The smallest absolute Gasteiger partial charge is 0.319 e. The first-order valence-corrected chi connectivity index (χ1v) is 9.78. The van der Waals surface area contributed by atoms with E-state index in [-0.39, 0.29) is 11.6 Å². The van der Waals surface area contributed by atoms with Gasteiger partial charge in [0.1, 0.15) is 0 Å². The third-order valence-electron chi connectivity index (χ3n) is 5.07. The predicted octanol–water partition coefficient (Wildman–Crippen LogP) is 3.48. The Morgan fingerprint density at radius 2 is 2.00 bits per heavy atom. The summed E-state index contributed by atoms with van der Waals surface area (Å²) in [5.74, 6) is 2.44. The van der Waals surface area contributed by atoms with Gasteiger partial charge >= 0.3 is 6.03 Å². The Morgan fingerprint density at radius 1 is 1.26 bits per heavy atom. The summed E-state index contributed by atoms with van der Waals surface area (Å²) in [5.41, 5.74) is 2.20. The lowest BCUT2D eigenvalue weighted by molar-refractivity contribution is 0.105. The van der Waals surface area contributed by atoms with E-state index < -0.39 is 0 Å². The van der Waals surface area contributed by atoms with E-state index in [2.05, 4.69) is 15.5 Å². The number of benzene rings is 1. The topological polar surface area (TPSA) is 44.4 Å². The second kappa shape index (κ2) is 7.58. The molecule has 1 saturated heterocycles. The maximum Gasteiger partial charge on any atom is 0.319 e. The molecule has 23 heavy (non-hydrogen) atoms. The van der Waals surface area contributed by atoms with Crippen molar-refractivity contribution in [1.82, 2.24) is 10.2 Å². The number of hydrogen-bond acceptors (Lipinski definition) is 3. The molecule has 0 aromatic heterocycles. The number of aryl methyl sites for hydroxylation is 1. The van der Waals surface area contributed by atoms with Crippen molar-refractivity contribution in [3.63, 3.8) is 0 Å². The number of nitrogens with one attached hydrogen (secondary N) is 2. The molecule has 4 nitrogen and oxygen atoms in total. The van der Waals surface area contributed by atoms with E-state index in [9.17, 15) is 4.79 Å². The normalized spacial score (nSPS) is 21.1. The maximum absolute atomic E-state index is 12.3. The summed E-state index contributed by atoms with van der Waals surface area (Å²) in [6.45, 7) is 5.11. The van der Waals surface area contributed by atoms with Crippen molar-refractivity contribution in [3.05, 3.63) is 29.8 Å². The third-order valence-corrected chi connectivity index (χ3v) is 6.01. The van der Waals surface area contributed by atoms with Crippen molar-refractivity contribution >= 4 is 23.5 Å². The lowest BCUT2D eigenvalue weighted by Gasteiger charge is -2.43. The highest BCUT2D eigenvalue weighted by Crippen LogP contribution is 2.36. The molecular formula is C18H27N3OS. The van der Waals surface area contributed by atoms with Gasteiger partial charge in [-0.15, -0.1) is 0 Å². The fraction of sp³-hybridized carbons (Fsp3) is 0.611. The molecule has 2 amide bonds. The number of carbonyl (C=O) groups excluding carboxylic acids is 1. The van der Waals surface area contributed by atoms with Gasteiger partial charge in [-0.1, -0.05) is 25.0 Å². The highest BCUT2D eigenvalue weighted by atomic mass is 32.2. The van der Waals surface area contributed by atoms with Crippen LogP contribution in [0.15, 0.2) is 24.3 Å². The SMILES string of the molecule is Cc1cccc(NC(=O)NCC2(N3CCSCC3)CCCC2)c1. The van der Waals surface area contributed by atoms with E-state index in [1.165, 1.54) is 37.2 Å². The Hall–Kier alpha value is -1.20. The van der Waals surface area contributed by atoms with Crippen molar-refractivity contribution in [2.24, 2.45) is 0 Å². The quantitative estimate of drug-likeness (QED) is 0.887. The molecule has 2 aliphatic rings. The summed E-state index contributed by atoms with van der Waals surface area (Å²) in [4.78, 5) is 14.9. The first-order chi connectivity index (χ1) is 11.2. The van der Waals surface area contributed by atoms with E-state index >= 15 is 0 Å². The standard InChI is InChI=1S/C18H27N3OS/c1-15-5-4-6-16(13-15)20-17(22)19-14-18(7-2-3-8-18)21-9-11-23-12-10-21/h4-6,13H,2-3,7-12,14H2,1H3,(H2,19,20,22). The molecule has 1 aromatic rings. The fourth-order valence-electron chi connectivity index (χ4n) is 3.82. The Labute approximate surface area is 143 Å². The van der Waals surface area contributed by atoms with Gasteiger partial charge in [-0.25, -0.2) is 4.79 Å². The average molecular weight is 334 g/mol. The van der Waals surface area contributed by atoms with Crippen LogP contribution in [0.25, 0.3) is 0 Å². The van der Waals surface area contributed by atoms with Crippen molar-refractivity contribution in [2.75, 3.05) is 36.5 Å². The van der Waals surface area contributed by atoms with Crippen LogP contribution in [0.5, 0.6) is 0 Å². The van der Waals surface area contributed by atoms with Gasteiger partial charge in [0.05, 0.1) is 0 Å². The third kappa shape index (κ3) is 4.21. The van der Waals surface area contributed by atoms with Gasteiger partial charge in [0.15, 0.2) is 0 Å². The number of thioether (sulfide) groups is 1. The molecule has 1 heterocycles. The second-order valence-corrected chi connectivity index (χ2v) is 7.93. The van der Waals surface area contributed by atoms with Crippen LogP contribution >= 0.6 is 11.8 Å². The highest BCUT2D eigenvalue weighted by molar-refractivity contribution is 7.99. The van der Waals surface area contributed by atoms with Crippen LogP contribution in [0.1, 0.15) is 31.2 Å². The number of amides is 2. The summed E-state index contributed by atoms with van der Waals surface area (Å²) in [7, 11) is 0. The van der Waals surface area contributed by atoms with Crippen molar-refractivity contribution in [1.29, 1.82) is 0 Å². The van der Waals surface area contributed by atoms with Gasteiger partial charge in [-0.3, -0.25) is 4.90 Å². The zero-order chi connectivity index (χ0) is 16.1. The average Bonchev–Trinajstić information content (AvgIpc) is 3.04. The van der Waals surface area contributed by atoms with E-state index in [0.717, 1.165) is 30.9 Å². The van der Waals surface area contributed by atoms with Crippen LogP contribution in [0.3, 0.4) is 0 Å². The number of anilines is 1. The van der Waals surface area contributed by atoms with E-state index in [4.69, 9.17) is 0 Å². The molecule has 0 atom stereocenters. The molecule has 5 heteroatoms. The van der Waals surface area contributed by atoms with Crippen molar-refractivity contribution in [2.45, 2.75) is 38.1 Å².